The Morgan fingerprint density at radius 2 is 2.10 bits per heavy atom. The van der Waals surface area contributed by atoms with Gasteiger partial charge in [0, 0.05) is 22.7 Å². The van der Waals surface area contributed by atoms with Crippen molar-refractivity contribution in [2.24, 2.45) is 7.05 Å². The van der Waals surface area contributed by atoms with Gasteiger partial charge in [-0.15, -0.1) is 11.8 Å². The second-order valence-corrected chi connectivity index (χ2v) is 6.76. The summed E-state index contributed by atoms with van der Waals surface area (Å²) >= 11 is 11.3. The molecule has 0 saturated carbocycles. The minimum atomic E-state index is 0.252. The zero-order valence-corrected chi connectivity index (χ0v) is 14.6. The van der Waals surface area contributed by atoms with Crippen molar-refractivity contribution < 1.29 is 0 Å². The van der Waals surface area contributed by atoms with Gasteiger partial charge in [0.05, 0.1) is 22.4 Å². The lowest BCUT2D eigenvalue weighted by Gasteiger charge is -2.18. The van der Waals surface area contributed by atoms with Crippen molar-refractivity contribution in [2.75, 3.05) is 12.3 Å². The maximum Gasteiger partial charge on any atom is 0.0700 e. The van der Waals surface area contributed by atoms with E-state index < -0.39 is 0 Å². The third-order valence-corrected chi connectivity index (χ3v) is 4.92. The Labute approximate surface area is 137 Å². The van der Waals surface area contributed by atoms with Crippen LogP contribution in [0.4, 0.5) is 0 Å². The predicted octanol–water partition coefficient (Wildman–Crippen LogP) is 4.28. The highest BCUT2D eigenvalue weighted by atomic mass is 79.9. The van der Waals surface area contributed by atoms with E-state index in [9.17, 15) is 0 Å². The summed E-state index contributed by atoms with van der Waals surface area (Å²) in [6.45, 7) is 3.04. The number of nitrogens with one attached hydrogen (secondary N) is 1. The highest BCUT2D eigenvalue weighted by Crippen LogP contribution is 2.29. The molecule has 0 amide bonds. The second kappa shape index (κ2) is 7.50. The molecule has 1 aromatic carbocycles. The van der Waals surface area contributed by atoms with Crippen LogP contribution in [0.15, 0.2) is 39.8 Å². The molecule has 1 aromatic heterocycles. The molecule has 3 nitrogen and oxygen atoms in total. The SMILES string of the molecule is CCNC(CSc1ccc(Cl)cc1)c1c(Br)cnn1C. The molecule has 1 heterocycles. The van der Waals surface area contributed by atoms with Gasteiger partial charge in [-0.25, -0.2) is 0 Å². The summed E-state index contributed by atoms with van der Waals surface area (Å²) in [6, 6.07) is 8.20. The number of nitrogens with zero attached hydrogens (tertiary/aromatic N) is 2. The average molecular weight is 375 g/mol. The Bertz CT molecular complexity index is 537. The van der Waals surface area contributed by atoms with Crippen molar-refractivity contribution in [2.45, 2.75) is 17.9 Å². The van der Waals surface area contributed by atoms with E-state index in [1.165, 1.54) is 10.6 Å². The average Bonchev–Trinajstić information content (AvgIpc) is 2.76. The molecule has 1 N–H and O–H groups in total. The number of aryl methyl sites for hydroxylation is 1. The van der Waals surface area contributed by atoms with Crippen LogP contribution in [0.2, 0.25) is 5.02 Å². The van der Waals surface area contributed by atoms with Crippen molar-refractivity contribution in [3.05, 3.63) is 45.7 Å². The summed E-state index contributed by atoms with van der Waals surface area (Å²) in [6.07, 6.45) is 1.84. The fraction of sp³-hybridized carbons (Fsp3) is 0.357. The zero-order chi connectivity index (χ0) is 14.5. The molecule has 2 aromatic rings. The second-order valence-electron chi connectivity index (χ2n) is 4.38. The third kappa shape index (κ3) is 4.01. The van der Waals surface area contributed by atoms with Gasteiger partial charge in [-0.2, -0.15) is 5.10 Å². The maximum absolute atomic E-state index is 5.91. The summed E-state index contributed by atoms with van der Waals surface area (Å²) in [5.41, 5.74) is 1.17. The standard InChI is InChI=1S/C14H17BrClN3S/c1-3-17-13(14-12(15)8-18-19(14)2)9-20-11-6-4-10(16)5-7-11/h4-8,13,17H,3,9H2,1-2H3. The van der Waals surface area contributed by atoms with Crippen molar-refractivity contribution in [3.8, 4) is 0 Å². The van der Waals surface area contributed by atoms with Crippen LogP contribution < -0.4 is 5.32 Å². The first-order valence-electron chi connectivity index (χ1n) is 6.41. The van der Waals surface area contributed by atoms with Gasteiger partial charge < -0.3 is 5.32 Å². The van der Waals surface area contributed by atoms with Crippen LogP contribution in [0.5, 0.6) is 0 Å². The Morgan fingerprint density at radius 1 is 1.40 bits per heavy atom. The lowest BCUT2D eigenvalue weighted by atomic mass is 10.2. The lowest BCUT2D eigenvalue weighted by molar-refractivity contribution is 0.551. The number of hydrogen-bond donors (Lipinski definition) is 1. The Morgan fingerprint density at radius 3 is 2.65 bits per heavy atom. The van der Waals surface area contributed by atoms with Gasteiger partial charge in [-0.05, 0) is 46.7 Å². The van der Waals surface area contributed by atoms with Gasteiger partial charge >= 0.3 is 0 Å². The van der Waals surface area contributed by atoms with Crippen molar-refractivity contribution in [1.82, 2.24) is 15.1 Å². The smallest absolute Gasteiger partial charge is 0.0700 e. The predicted molar refractivity (Wildman–Crippen MR) is 89.5 cm³/mol. The van der Waals surface area contributed by atoms with E-state index in [1.54, 1.807) is 0 Å². The third-order valence-electron chi connectivity index (χ3n) is 2.95. The number of benzene rings is 1. The van der Waals surface area contributed by atoms with Crippen LogP contribution in [0, 0.1) is 0 Å². The number of aromatic nitrogens is 2. The normalized spacial score (nSPS) is 12.6. The van der Waals surface area contributed by atoms with E-state index in [-0.39, 0.29) is 6.04 Å². The number of rotatable bonds is 6. The first-order valence-corrected chi connectivity index (χ1v) is 8.56. The molecule has 20 heavy (non-hydrogen) atoms. The van der Waals surface area contributed by atoms with E-state index in [2.05, 4.69) is 33.3 Å². The van der Waals surface area contributed by atoms with Crippen LogP contribution in [0.1, 0.15) is 18.7 Å². The van der Waals surface area contributed by atoms with Crippen LogP contribution in [0.3, 0.4) is 0 Å². The van der Waals surface area contributed by atoms with Gasteiger partial charge in [0.1, 0.15) is 0 Å². The first-order chi connectivity index (χ1) is 9.61. The highest BCUT2D eigenvalue weighted by Gasteiger charge is 2.18. The van der Waals surface area contributed by atoms with E-state index in [4.69, 9.17) is 11.6 Å². The van der Waals surface area contributed by atoms with E-state index in [1.807, 2.05) is 54.0 Å². The molecule has 0 radical (unpaired) electrons. The molecule has 0 aliphatic rings. The van der Waals surface area contributed by atoms with Crippen molar-refractivity contribution in [3.63, 3.8) is 0 Å². The summed E-state index contributed by atoms with van der Waals surface area (Å²) < 4.78 is 2.96. The minimum absolute atomic E-state index is 0.252. The summed E-state index contributed by atoms with van der Waals surface area (Å²) in [4.78, 5) is 1.22. The monoisotopic (exact) mass is 373 g/mol. The number of halogens is 2. The summed E-state index contributed by atoms with van der Waals surface area (Å²) in [5, 5.41) is 8.57. The molecular weight excluding hydrogens is 358 g/mol. The fourth-order valence-electron chi connectivity index (χ4n) is 2.00. The molecule has 0 saturated heterocycles. The van der Waals surface area contributed by atoms with Gasteiger partial charge in [0.15, 0.2) is 0 Å². The Hall–Kier alpha value is -0.490. The topological polar surface area (TPSA) is 29.9 Å². The van der Waals surface area contributed by atoms with Crippen LogP contribution in [0.25, 0.3) is 0 Å². The summed E-state index contributed by atoms with van der Waals surface area (Å²) in [5.74, 6) is 0.938. The molecule has 6 heteroatoms. The van der Waals surface area contributed by atoms with Crippen molar-refractivity contribution in [1.29, 1.82) is 0 Å². The molecule has 1 atom stereocenters. The van der Waals surface area contributed by atoms with Crippen LogP contribution in [-0.4, -0.2) is 22.1 Å². The lowest BCUT2D eigenvalue weighted by Crippen LogP contribution is -2.25. The van der Waals surface area contributed by atoms with Gasteiger partial charge in [0.2, 0.25) is 0 Å². The van der Waals surface area contributed by atoms with Crippen LogP contribution >= 0.6 is 39.3 Å². The maximum atomic E-state index is 5.91. The number of thioether (sulfide) groups is 1. The van der Waals surface area contributed by atoms with Crippen LogP contribution in [-0.2, 0) is 7.05 Å². The minimum Gasteiger partial charge on any atom is -0.308 e. The first kappa shape index (κ1) is 15.9. The Kier molecular flexibility index (Phi) is 5.96. The highest BCUT2D eigenvalue weighted by molar-refractivity contribution is 9.10. The van der Waals surface area contributed by atoms with Gasteiger partial charge in [-0.1, -0.05) is 18.5 Å². The van der Waals surface area contributed by atoms with E-state index in [0.29, 0.717) is 0 Å². The molecule has 0 bridgehead atoms. The molecular formula is C14H17BrClN3S. The molecule has 0 aliphatic carbocycles. The molecule has 108 valence electrons. The quantitative estimate of drug-likeness (QED) is 0.765. The Balaban J connectivity index is 2.08. The van der Waals surface area contributed by atoms with Gasteiger partial charge in [0.25, 0.3) is 0 Å². The number of hydrogen-bond acceptors (Lipinski definition) is 3. The molecule has 0 aliphatic heterocycles. The van der Waals surface area contributed by atoms with E-state index >= 15 is 0 Å². The molecule has 2 rings (SSSR count). The molecule has 1 unspecified atom stereocenters. The van der Waals surface area contributed by atoms with Crippen molar-refractivity contribution >= 4 is 39.3 Å². The largest absolute Gasteiger partial charge is 0.308 e. The van der Waals surface area contributed by atoms with Gasteiger partial charge in [-0.3, -0.25) is 4.68 Å². The molecule has 0 spiro atoms. The van der Waals surface area contributed by atoms with E-state index in [0.717, 1.165) is 21.8 Å². The fourth-order valence-corrected chi connectivity index (χ4v) is 3.72. The molecule has 0 fully saturated rings. The summed E-state index contributed by atoms with van der Waals surface area (Å²) in [7, 11) is 1.97. The zero-order valence-electron chi connectivity index (χ0n) is 11.4.